The molecule has 8 heteroatoms. The summed E-state index contributed by atoms with van der Waals surface area (Å²) >= 11 is 0. The lowest BCUT2D eigenvalue weighted by Crippen LogP contribution is -2.39. The lowest BCUT2D eigenvalue weighted by Gasteiger charge is -2.39. The molecule has 8 nitrogen and oxygen atoms in total. The van der Waals surface area contributed by atoms with E-state index in [1.54, 1.807) is 6.92 Å². The largest absolute Gasteiger partial charge is 0.502 e. The summed E-state index contributed by atoms with van der Waals surface area (Å²) in [4.78, 5) is 37.4. The number of phenolic OH excluding ortho intramolecular Hbond substituents is 1. The Hall–Kier alpha value is -3.16. The second-order valence-corrected chi connectivity index (χ2v) is 9.75. The van der Waals surface area contributed by atoms with Gasteiger partial charge in [0.05, 0.1) is 10.5 Å². The number of benzene rings is 1. The highest BCUT2D eigenvalue weighted by Crippen LogP contribution is 2.48. The monoisotopic (exact) mass is 440 g/mol. The standard InChI is InChI=1S/C24H28N2O6/c1-13-20(23(29)32-15-6-4-5-7-15)21(14-8-9-18(27)17(10-14)26(30)31)22-16(25-13)11-24(2,3)12-19(22)28/h8-10,15,21,25,27H,4-7,11-12H2,1-3H3. The number of dihydropyridines is 1. The third kappa shape index (κ3) is 4.01. The van der Waals surface area contributed by atoms with Crippen LogP contribution in [0.25, 0.3) is 0 Å². The third-order valence-corrected chi connectivity index (χ3v) is 6.57. The van der Waals surface area contributed by atoms with Crippen LogP contribution in [0.4, 0.5) is 5.69 Å². The number of Topliss-reactive ketones (excluding diaryl/α,β-unsaturated/α-hetero) is 1. The number of nitrogens with zero attached hydrogens (tertiary/aromatic N) is 1. The first-order valence-electron chi connectivity index (χ1n) is 11.0. The van der Waals surface area contributed by atoms with Gasteiger partial charge in [0.1, 0.15) is 6.10 Å². The summed E-state index contributed by atoms with van der Waals surface area (Å²) in [7, 11) is 0. The highest BCUT2D eigenvalue weighted by atomic mass is 16.6. The molecule has 1 aromatic carbocycles. The SMILES string of the molecule is CC1=C(C(=O)OC2CCCC2)C(c2ccc(O)c([N+](=O)[O-])c2)C2=C(CC(C)(C)CC2=O)N1. The molecule has 1 unspecified atom stereocenters. The first kappa shape index (κ1) is 22.0. The molecular formula is C24H28N2O6. The number of aromatic hydroxyl groups is 1. The van der Waals surface area contributed by atoms with E-state index in [0.717, 1.165) is 31.4 Å². The van der Waals surface area contributed by atoms with Crippen molar-refractivity contribution < 1.29 is 24.4 Å². The number of hydrogen-bond acceptors (Lipinski definition) is 7. The first-order valence-corrected chi connectivity index (χ1v) is 11.0. The van der Waals surface area contributed by atoms with E-state index in [-0.39, 0.29) is 17.3 Å². The van der Waals surface area contributed by atoms with Gasteiger partial charge < -0.3 is 15.2 Å². The number of ether oxygens (including phenoxy) is 1. The lowest BCUT2D eigenvalue weighted by molar-refractivity contribution is -0.385. The Bertz CT molecular complexity index is 1060. The van der Waals surface area contributed by atoms with Crippen molar-refractivity contribution in [1.29, 1.82) is 0 Å². The topological polar surface area (TPSA) is 119 Å². The highest BCUT2D eigenvalue weighted by Gasteiger charge is 2.44. The zero-order chi connectivity index (χ0) is 23.2. The van der Waals surface area contributed by atoms with Crippen LogP contribution in [0.15, 0.2) is 40.7 Å². The number of phenols is 1. The maximum Gasteiger partial charge on any atom is 0.337 e. The van der Waals surface area contributed by atoms with E-state index in [9.17, 15) is 24.8 Å². The van der Waals surface area contributed by atoms with E-state index in [4.69, 9.17) is 4.74 Å². The smallest absolute Gasteiger partial charge is 0.337 e. The van der Waals surface area contributed by atoms with Gasteiger partial charge in [-0.25, -0.2) is 4.79 Å². The van der Waals surface area contributed by atoms with Crippen LogP contribution in [0.3, 0.4) is 0 Å². The molecule has 0 saturated heterocycles. The summed E-state index contributed by atoms with van der Waals surface area (Å²) in [6, 6.07) is 4.02. The minimum absolute atomic E-state index is 0.0943. The van der Waals surface area contributed by atoms with Crippen LogP contribution < -0.4 is 5.32 Å². The normalized spacial score (nSPS) is 23.1. The van der Waals surface area contributed by atoms with Gasteiger partial charge in [0, 0.05) is 35.4 Å². The third-order valence-electron chi connectivity index (χ3n) is 6.57. The number of esters is 1. The first-order chi connectivity index (χ1) is 15.1. The molecule has 32 heavy (non-hydrogen) atoms. The van der Waals surface area contributed by atoms with Gasteiger partial charge in [0.25, 0.3) is 0 Å². The van der Waals surface area contributed by atoms with Crippen molar-refractivity contribution >= 4 is 17.4 Å². The van der Waals surface area contributed by atoms with Crippen molar-refractivity contribution in [2.75, 3.05) is 0 Å². The molecule has 1 fully saturated rings. The zero-order valence-electron chi connectivity index (χ0n) is 18.6. The second-order valence-electron chi connectivity index (χ2n) is 9.75. The number of allylic oxidation sites excluding steroid dienone is 3. The van der Waals surface area contributed by atoms with E-state index in [0.29, 0.717) is 35.2 Å². The summed E-state index contributed by atoms with van der Waals surface area (Å²) in [6.45, 7) is 5.79. The average molecular weight is 440 g/mol. The van der Waals surface area contributed by atoms with Crippen molar-refractivity contribution in [3.8, 4) is 5.75 Å². The second kappa shape index (κ2) is 8.07. The van der Waals surface area contributed by atoms with Crippen LogP contribution >= 0.6 is 0 Å². The van der Waals surface area contributed by atoms with Crippen molar-refractivity contribution in [3.63, 3.8) is 0 Å². The number of carbonyl (C=O) groups excluding carboxylic acids is 2. The number of nitro benzene ring substituents is 1. The van der Waals surface area contributed by atoms with Crippen LogP contribution in [0.5, 0.6) is 5.75 Å². The summed E-state index contributed by atoms with van der Waals surface area (Å²) < 4.78 is 5.78. The summed E-state index contributed by atoms with van der Waals surface area (Å²) in [5.41, 5.74) is 1.77. The number of ketones is 1. The number of carbonyl (C=O) groups is 2. The van der Waals surface area contributed by atoms with Crippen molar-refractivity contribution in [3.05, 3.63) is 56.4 Å². The Kier molecular flexibility index (Phi) is 5.56. The Morgan fingerprint density at radius 3 is 2.59 bits per heavy atom. The molecule has 4 rings (SSSR count). The van der Waals surface area contributed by atoms with Gasteiger partial charge in [-0.2, -0.15) is 0 Å². The lowest BCUT2D eigenvalue weighted by atomic mass is 9.68. The molecular weight excluding hydrogens is 412 g/mol. The van der Waals surface area contributed by atoms with Gasteiger partial charge in [-0.1, -0.05) is 19.9 Å². The number of rotatable bonds is 4. The molecule has 0 amide bonds. The molecule has 1 aliphatic heterocycles. The Morgan fingerprint density at radius 1 is 1.25 bits per heavy atom. The van der Waals surface area contributed by atoms with E-state index < -0.39 is 28.2 Å². The minimum Gasteiger partial charge on any atom is -0.502 e. The summed E-state index contributed by atoms with van der Waals surface area (Å²) in [6.07, 6.45) is 4.40. The molecule has 3 aliphatic rings. The molecule has 0 bridgehead atoms. The summed E-state index contributed by atoms with van der Waals surface area (Å²) in [5, 5.41) is 24.6. The average Bonchev–Trinajstić information content (AvgIpc) is 3.19. The quantitative estimate of drug-likeness (QED) is 0.405. The molecule has 2 N–H and O–H groups in total. The van der Waals surface area contributed by atoms with Gasteiger partial charge in [0.15, 0.2) is 11.5 Å². The van der Waals surface area contributed by atoms with E-state index in [2.05, 4.69) is 5.32 Å². The molecule has 0 radical (unpaired) electrons. The molecule has 1 heterocycles. The van der Waals surface area contributed by atoms with Crippen molar-refractivity contribution in [1.82, 2.24) is 5.32 Å². The van der Waals surface area contributed by atoms with E-state index in [1.807, 2.05) is 13.8 Å². The van der Waals surface area contributed by atoms with Crippen LogP contribution in [0.2, 0.25) is 0 Å². The molecule has 2 aliphatic carbocycles. The molecule has 1 saturated carbocycles. The number of hydrogen-bond donors (Lipinski definition) is 2. The molecule has 0 spiro atoms. The van der Waals surface area contributed by atoms with Gasteiger partial charge in [-0.15, -0.1) is 0 Å². The zero-order valence-corrected chi connectivity index (χ0v) is 18.6. The summed E-state index contributed by atoms with van der Waals surface area (Å²) in [5.74, 6) is -1.85. The predicted molar refractivity (Wildman–Crippen MR) is 117 cm³/mol. The van der Waals surface area contributed by atoms with Gasteiger partial charge >= 0.3 is 11.7 Å². The van der Waals surface area contributed by atoms with Crippen LogP contribution in [-0.4, -0.2) is 27.9 Å². The Labute approximate surface area is 186 Å². The molecule has 1 atom stereocenters. The Morgan fingerprint density at radius 2 is 1.94 bits per heavy atom. The van der Waals surface area contributed by atoms with Gasteiger partial charge in [0.2, 0.25) is 0 Å². The number of nitro groups is 1. The van der Waals surface area contributed by atoms with Crippen molar-refractivity contribution in [2.24, 2.45) is 5.41 Å². The molecule has 0 aromatic heterocycles. The van der Waals surface area contributed by atoms with Gasteiger partial charge in [-0.05, 0) is 56.1 Å². The fourth-order valence-electron chi connectivity index (χ4n) is 5.13. The predicted octanol–water partition coefficient (Wildman–Crippen LogP) is 4.39. The fraction of sp³-hybridized carbons (Fsp3) is 0.500. The van der Waals surface area contributed by atoms with E-state index >= 15 is 0 Å². The highest BCUT2D eigenvalue weighted by molar-refractivity contribution is 6.04. The molecule has 170 valence electrons. The maximum atomic E-state index is 13.3. The number of nitrogens with one attached hydrogen (secondary N) is 1. The Balaban J connectivity index is 1.84. The minimum atomic E-state index is -0.789. The fourth-order valence-corrected chi connectivity index (χ4v) is 5.13. The maximum absolute atomic E-state index is 13.3. The molecule has 1 aromatic rings. The van der Waals surface area contributed by atoms with Gasteiger partial charge in [-0.3, -0.25) is 14.9 Å². The van der Waals surface area contributed by atoms with Crippen LogP contribution in [0.1, 0.15) is 70.8 Å². The van der Waals surface area contributed by atoms with Crippen LogP contribution in [0, 0.1) is 15.5 Å². The van der Waals surface area contributed by atoms with Crippen LogP contribution in [-0.2, 0) is 14.3 Å². The van der Waals surface area contributed by atoms with Crippen molar-refractivity contribution in [2.45, 2.75) is 71.3 Å². The van der Waals surface area contributed by atoms with E-state index in [1.165, 1.54) is 18.2 Å².